The second-order valence-electron chi connectivity index (χ2n) is 6.25. The fourth-order valence-electron chi connectivity index (χ4n) is 3.17. The lowest BCUT2D eigenvalue weighted by molar-refractivity contribution is -0.115. The number of anilines is 1. The smallest absolute Gasteiger partial charge is 0.238 e. The molecule has 0 spiro atoms. The molecule has 0 bridgehead atoms. The summed E-state index contributed by atoms with van der Waals surface area (Å²) in [4.78, 5) is 12.6. The van der Waals surface area contributed by atoms with Gasteiger partial charge in [-0.15, -0.1) is 11.8 Å². The number of hydrogen-bond acceptors (Lipinski definition) is 4. The molecule has 1 aromatic carbocycles. The van der Waals surface area contributed by atoms with Gasteiger partial charge in [-0.1, -0.05) is 18.2 Å². The Bertz CT molecular complexity index is 930. The van der Waals surface area contributed by atoms with Crippen molar-refractivity contribution in [1.29, 1.82) is 0 Å². The van der Waals surface area contributed by atoms with Crippen molar-refractivity contribution < 1.29 is 4.79 Å². The highest BCUT2D eigenvalue weighted by Gasteiger charge is 2.34. The van der Waals surface area contributed by atoms with Crippen molar-refractivity contribution in [2.45, 2.75) is 31.3 Å². The number of hydrogen-bond donors (Lipinski definition) is 1. The first-order chi connectivity index (χ1) is 12.1. The quantitative estimate of drug-likeness (QED) is 0.711. The first-order valence-corrected chi connectivity index (χ1v) is 10.1. The highest BCUT2D eigenvalue weighted by atomic mass is 32.2. The summed E-state index contributed by atoms with van der Waals surface area (Å²) in [5.74, 6) is 0.823. The SMILES string of the molecule is Cc1ccccc1-n1nc(C)c2c1NC(=O)C(C)SC2c1ccsc1. The number of amides is 1. The minimum Gasteiger partial charge on any atom is -0.309 e. The number of aryl methyl sites for hydroxylation is 2. The number of nitrogens with zero attached hydrogens (tertiary/aromatic N) is 2. The number of rotatable bonds is 2. The molecule has 1 aliphatic rings. The Morgan fingerprint density at radius 1 is 1.20 bits per heavy atom. The van der Waals surface area contributed by atoms with Crippen molar-refractivity contribution in [2.75, 3.05) is 5.32 Å². The van der Waals surface area contributed by atoms with Crippen LogP contribution in [0, 0.1) is 13.8 Å². The number of thiophene rings is 1. The molecular weight excluding hydrogens is 350 g/mol. The van der Waals surface area contributed by atoms with E-state index in [1.165, 1.54) is 5.56 Å². The van der Waals surface area contributed by atoms with Crippen LogP contribution in [0.1, 0.15) is 34.6 Å². The molecule has 25 heavy (non-hydrogen) atoms. The van der Waals surface area contributed by atoms with E-state index in [0.717, 1.165) is 28.3 Å². The van der Waals surface area contributed by atoms with Crippen LogP contribution in [-0.4, -0.2) is 20.9 Å². The number of benzene rings is 1. The van der Waals surface area contributed by atoms with Crippen LogP contribution in [0.3, 0.4) is 0 Å². The van der Waals surface area contributed by atoms with Gasteiger partial charge in [0, 0.05) is 5.56 Å². The van der Waals surface area contributed by atoms with Gasteiger partial charge in [0.2, 0.25) is 5.91 Å². The van der Waals surface area contributed by atoms with E-state index >= 15 is 0 Å². The number of aromatic nitrogens is 2. The molecule has 128 valence electrons. The van der Waals surface area contributed by atoms with Crippen LogP contribution >= 0.6 is 23.1 Å². The average Bonchev–Trinajstić information content (AvgIpc) is 3.19. The summed E-state index contributed by atoms with van der Waals surface area (Å²) < 4.78 is 1.88. The molecule has 1 aliphatic heterocycles. The summed E-state index contributed by atoms with van der Waals surface area (Å²) >= 11 is 3.37. The van der Waals surface area contributed by atoms with Crippen LogP contribution in [0.5, 0.6) is 0 Å². The van der Waals surface area contributed by atoms with Gasteiger partial charge in [0.05, 0.1) is 21.9 Å². The Morgan fingerprint density at radius 2 is 2.00 bits per heavy atom. The van der Waals surface area contributed by atoms with Crippen LogP contribution in [0.25, 0.3) is 5.69 Å². The van der Waals surface area contributed by atoms with Gasteiger partial charge in [0.15, 0.2) is 0 Å². The third-order valence-electron chi connectivity index (χ3n) is 4.51. The van der Waals surface area contributed by atoms with Gasteiger partial charge in [-0.25, -0.2) is 4.68 Å². The number of para-hydroxylation sites is 1. The topological polar surface area (TPSA) is 46.9 Å². The Balaban J connectivity index is 1.94. The van der Waals surface area contributed by atoms with Gasteiger partial charge in [0.25, 0.3) is 0 Å². The van der Waals surface area contributed by atoms with Gasteiger partial charge >= 0.3 is 0 Å². The van der Waals surface area contributed by atoms with Gasteiger partial charge < -0.3 is 5.32 Å². The minimum absolute atomic E-state index is 0.0266. The molecule has 2 atom stereocenters. The van der Waals surface area contributed by atoms with Gasteiger partial charge in [0.1, 0.15) is 5.82 Å². The summed E-state index contributed by atoms with van der Waals surface area (Å²) in [5.41, 5.74) is 5.41. The summed E-state index contributed by atoms with van der Waals surface area (Å²) in [5, 5.41) is 12.1. The first kappa shape index (κ1) is 16.4. The van der Waals surface area contributed by atoms with E-state index in [4.69, 9.17) is 5.10 Å². The van der Waals surface area contributed by atoms with Gasteiger partial charge in [-0.2, -0.15) is 16.4 Å². The fraction of sp³-hybridized carbons (Fsp3) is 0.263. The monoisotopic (exact) mass is 369 g/mol. The van der Waals surface area contributed by atoms with Crippen LogP contribution in [0.4, 0.5) is 5.82 Å². The predicted octanol–water partition coefficient (Wildman–Crippen LogP) is 4.71. The van der Waals surface area contributed by atoms with E-state index in [2.05, 4.69) is 35.1 Å². The van der Waals surface area contributed by atoms with Crippen LogP contribution in [0.2, 0.25) is 0 Å². The van der Waals surface area contributed by atoms with E-state index < -0.39 is 0 Å². The Kier molecular flexibility index (Phi) is 4.17. The summed E-state index contributed by atoms with van der Waals surface area (Å²) in [6, 6.07) is 10.2. The molecule has 1 N–H and O–H groups in total. The van der Waals surface area contributed by atoms with Gasteiger partial charge in [-0.3, -0.25) is 4.79 Å². The maximum atomic E-state index is 12.6. The highest BCUT2D eigenvalue weighted by molar-refractivity contribution is 8.01. The zero-order valence-electron chi connectivity index (χ0n) is 14.3. The molecule has 0 radical (unpaired) electrons. The maximum absolute atomic E-state index is 12.6. The summed E-state index contributed by atoms with van der Waals surface area (Å²) in [6.45, 7) is 6.05. The van der Waals surface area contributed by atoms with E-state index in [1.807, 2.05) is 36.7 Å². The highest BCUT2D eigenvalue weighted by Crippen LogP contribution is 2.46. The second-order valence-corrected chi connectivity index (χ2v) is 8.48. The molecule has 0 fully saturated rings. The third-order valence-corrected chi connectivity index (χ3v) is 6.61. The molecule has 4 nitrogen and oxygen atoms in total. The molecule has 3 aromatic rings. The molecule has 3 heterocycles. The van der Waals surface area contributed by atoms with E-state index in [1.54, 1.807) is 23.1 Å². The zero-order chi connectivity index (χ0) is 17.6. The Morgan fingerprint density at radius 3 is 2.72 bits per heavy atom. The Hall–Kier alpha value is -2.05. The zero-order valence-corrected chi connectivity index (χ0v) is 15.9. The lowest BCUT2D eigenvalue weighted by Crippen LogP contribution is -2.22. The van der Waals surface area contributed by atoms with E-state index in [9.17, 15) is 4.79 Å². The van der Waals surface area contributed by atoms with Crippen molar-refractivity contribution >= 4 is 34.8 Å². The standard InChI is InChI=1S/C19H19N3OS2/c1-11-6-4-5-7-15(11)22-18-16(12(2)21-22)17(14-8-9-24-10-14)25-13(3)19(23)20-18/h4-10,13,17H,1-3H3,(H,20,23). The van der Waals surface area contributed by atoms with E-state index in [0.29, 0.717) is 0 Å². The van der Waals surface area contributed by atoms with Crippen LogP contribution in [0.15, 0.2) is 41.1 Å². The number of thioether (sulfide) groups is 1. The van der Waals surface area contributed by atoms with Crippen molar-refractivity contribution in [3.63, 3.8) is 0 Å². The number of nitrogens with one attached hydrogen (secondary N) is 1. The minimum atomic E-state index is -0.123. The fourth-order valence-corrected chi connectivity index (χ4v) is 5.26. The first-order valence-electron chi connectivity index (χ1n) is 8.20. The molecule has 6 heteroatoms. The molecule has 1 amide bonds. The number of fused-ring (bicyclic) bond motifs is 1. The van der Waals surface area contributed by atoms with Crippen molar-refractivity contribution in [3.8, 4) is 5.69 Å². The molecule has 4 rings (SSSR count). The van der Waals surface area contributed by atoms with Crippen molar-refractivity contribution in [2.24, 2.45) is 0 Å². The molecule has 0 saturated heterocycles. The molecular formula is C19H19N3OS2. The lowest BCUT2D eigenvalue weighted by atomic mass is 10.1. The van der Waals surface area contributed by atoms with E-state index in [-0.39, 0.29) is 16.4 Å². The molecule has 0 saturated carbocycles. The summed E-state index contributed by atoms with van der Waals surface area (Å²) in [6.07, 6.45) is 0. The third kappa shape index (κ3) is 2.79. The predicted molar refractivity (Wildman–Crippen MR) is 105 cm³/mol. The Labute approximate surface area is 155 Å². The van der Waals surface area contributed by atoms with Crippen molar-refractivity contribution in [3.05, 3.63) is 63.5 Å². The van der Waals surface area contributed by atoms with Crippen LogP contribution in [-0.2, 0) is 4.79 Å². The summed E-state index contributed by atoms with van der Waals surface area (Å²) in [7, 11) is 0. The average molecular weight is 370 g/mol. The van der Waals surface area contributed by atoms with Gasteiger partial charge in [-0.05, 0) is 54.8 Å². The number of carbonyl (C=O) groups excluding carboxylic acids is 1. The largest absolute Gasteiger partial charge is 0.309 e. The lowest BCUT2D eigenvalue weighted by Gasteiger charge is -2.15. The van der Waals surface area contributed by atoms with Crippen molar-refractivity contribution in [1.82, 2.24) is 9.78 Å². The van der Waals surface area contributed by atoms with Crippen LogP contribution < -0.4 is 5.32 Å². The normalized spacial score (nSPS) is 20.0. The molecule has 2 aromatic heterocycles. The number of carbonyl (C=O) groups is 1. The maximum Gasteiger partial charge on any atom is 0.238 e. The molecule has 0 aliphatic carbocycles. The molecule has 2 unspecified atom stereocenters. The second kappa shape index (κ2) is 6.35.